The van der Waals surface area contributed by atoms with Gasteiger partial charge in [-0.15, -0.1) is 0 Å². The van der Waals surface area contributed by atoms with E-state index < -0.39 is 4.92 Å². The topological polar surface area (TPSA) is 76.8 Å². The summed E-state index contributed by atoms with van der Waals surface area (Å²) in [6.45, 7) is 2.14. The van der Waals surface area contributed by atoms with Crippen molar-refractivity contribution in [2.75, 3.05) is 13.1 Å². The van der Waals surface area contributed by atoms with Gasteiger partial charge in [-0.3, -0.25) is 15.1 Å². The Morgan fingerprint density at radius 1 is 1.17 bits per heavy atom. The Morgan fingerprint density at radius 3 is 2.65 bits per heavy atom. The first kappa shape index (κ1) is 15.0. The van der Waals surface area contributed by atoms with Crippen molar-refractivity contribution < 1.29 is 9.66 Å². The molecule has 0 unspecified atom stereocenters. The number of benzene rings is 2. The van der Waals surface area contributed by atoms with Gasteiger partial charge in [-0.25, -0.2) is 0 Å². The number of hydrogen-bond acceptors (Lipinski definition) is 5. The number of hydrogen-bond donors (Lipinski definition) is 1. The fourth-order valence-electron chi connectivity index (χ4n) is 2.42. The first-order valence-corrected chi connectivity index (χ1v) is 7.48. The Kier molecular flexibility index (Phi) is 4.52. The molecule has 1 heterocycles. The van der Waals surface area contributed by atoms with E-state index in [0.717, 1.165) is 36.5 Å². The molecule has 2 aromatic rings. The summed E-state index contributed by atoms with van der Waals surface area (Å²) in [6.07, 6.45) is 1.05. The Labute approximate surface area is 134 Å². The van der Waals surface area contributed by atoms with Crippen LogP contribution in [0.1, 0.15) is 17.5 Å². The molecule has 3 rings (SSSR count). The molecule has 0 fully saturated rings. The molecule has 2 aromatic carbocycles. The molecule has 1 N–H and O–H groups in total. The summed E-state index contributed by atoms with van der Waals surface area (Å²) in [6, 6.07) is 14.0. The average Bonchev–Trinajstić information content (AvgIpc) is 2.61. The van der Waals surface area contributed by atoms with E-state index in [1.165, 1.54) is 12.1 Å². The van der Waals surface area contributed by atoms with Gasteiger partial charge in [0, 0.05) is 36.3 Å². The molecule has 0 bridgehead atoms. The van der Waals surface area contributed by atoms with Crippen LogP contribution in [0.3, 0.4) is 0 Å². The van der Waals surface area contributed by atoms with Gasteiger partial charge in [-0.1, -0.05) is 24.3 Å². The minimum atomic E-state index is -0.425. The minimum absolute atomic E-state index is 0.0542. The van der Waals surface area contributed by atoms with E-state index in [2.05, 4.69) is 10.3 Å². The lowest BCUT2D eigenvalue weighted by Crippen LogP contribution is -2.31. The highest BCUT2D eigenvalue weighted by molar-refractivity contribution is 6.00. The summed E-state index contributed by atoms with van der Waals surface area (Å²) >= 11 is 0. The number of rotatable bonds is 5. The standard InChI is InChI=1S/C17H17N3O3/c21-20(22)14-6-8-15(9-7-14)23-12-13-4-1-2-5-16(13)17-18-10-3-11-19-17/h1-2,4-9H,3,10-12H2,(H,18,19). The lowest BCUT2D eigenvalue weighted by molar-refractivity contribution is -0.384. The number of nitro benzene ring substituents is 1. The van der Waals surface area contributed by atoms with Gasteiger partial charge in [-0.2, -0.15) is 0 Å². The van der Waals surface area contributed by atoms with Crippen molar-refractivity contribution in [3.8, 4) is 5.75 Å². The summed E-state index contributed by atoms with van der Waals surface area (Å²) in [5.41, 5.74) is 2.12. The van der Waals surface area contributed by atoms with Crippen LogP contribution in [-0.4, -0.2) is 23.8 Å². The fourth-order valence-corrected chi connectivity index (χ4v) is 2.42. The lowest BCUT2D eigenvalue weighted by Gasteiger charge is -2.17. The summed E-state index contributed by atoms with van der Waals surface area (Å²) in [7, 11) is 0. The van der Waals surface area contributed by atoms with Crippen LogP contribution in [0.25, 0.3) is 0 Å². The maximum atomic E-state index is 10.7. The number of nitro groups is 1. The third kappa shape index (κ3) is 3.66. The minimum Gasteiger partial charge on any atom is -0.489 e. The molecule has 23 heavy (non-hydrogen) atoms. The Hall–Kier alpha value is -2.89. The zero-order chi connectivity index (χ0) is 16.1. The Morgan fingerprint density at radius 2 is 1.96 bits per heavy atom. The summed E-state index contributed by atoms with van der Waals surface area (Å²) in [5.74, 6) is 1.50. The molecule has 0 aromatic heterocycles. The molecule has 0 saturated carbocycles. The van der Waals surface area contributed by atoms with Crippen LogP contribution in [0.15, 0.2) is 53.5 Å². The van der Waals surface area contributed by atoms with E-state index in [0.29, 0.717) is 12.4 Å². The van der Waals surface area contributed by atoms with Crippen molar-refractivity contribution in [1.82, 2.24) is 5.32 Å². The van der Waals surface area contributed by atoms with Gasteiger partial charge in [0.15, 0.2) is 0 Å². The van der Waals surface area contributed by atoms with Gasteiger partial charge >= 0.3 is 0 Å². The highest BCUT2D eigenvalue weighted by Crippen LogP contribution is 2.19. The number of nitrogens with zero attached hydrogens (tertiary/aromatic N) is 2. The molecule has 118 valence electrons. The number of nitrogens with one attached hydrogen (secondary N) is 1. The number of amidine groups is 1. The highest BCUT2D eigenvalue weighted by atomic mass is 16.6. The van der Waals surface area contributed by atoms with E-state index in [1.54, 1.807) is 12.1 Å². The highest BCUT2D eigenvalue weighted by Gasteiger charge is 2.12. The van der Waals surface area contributed by atoms with Crippen LogP contribution < -0.4 is 10.1 Å². The van der Waals surface area contributed by atoms with Gasteiger partial charge in [-0.05, 0) is 18.6 Å². The van der Waals surface area contributed by atoms with Gasteiger partial charge in [0.25, 0.3) is 5.69 Å². The Balaban J connectivity index is 1.73. The smallest absolute Gasteiger partial charge is 0.269 e. The van der Waals surface area contributed by atoms with E-state index in [9.17, 15) is 10.1 Å². The van der Waals surface area contributed by atoms with Crippen LogP contribution in [-0.2, 0) is 6.61 Å². The van der Waals surface area contributed by atoms with Crippen molar-refractivity contribution in [2.45, 2.75) is 13.0 Å². The third-order valence-electron chi connectivity index (χ3n) is 3.61. The predicted octanol–water partition coefficient (Wildman–Crippen LogP) is 2.91. The first-order valence-electron chi connectivity index (χ1n) is 7.48. The Bertz CT molecular complexity index is 726. The third-order valence-corrected chi connectivity index (χ3v) is 3.61. The maximum absolute atomic E-state index is 10.7. The fraction of sp³-hybridized carbons (Fsp3) is 0.235. The first-order chi connectivity index (χ1) is 11.2. The molecule has 0 aliphatic carbocycles. The molecule has 0 saturated heterocycles. The summed E-state index contributed by atoms with van der Waals surface area (Å²) in [5, 5.41) is 14.0. The number of non-ortho nitro benzene ring substituents is 1. The van der Waals surface area contributed by atoms with Crippen LogP contribution >= 0.6 is 0 Å². The molecule has 6 nitrogen and oxygen atoms in total. The van der Waals surface area contributed by atoms with E-state index >= 15 is 0 Å². The maximum Gasteiger partial charge on any atom is 0.269 e. The summed E-state index contributed by atoms with van der Waals surface area (Å²) in [4.78, 5) is 14.8. The SMILES string of the molecule is O=[N+]([O-])c1ccc(OCc2ccccc2C2=NCCCN2)cc1. The predicted molar refractivity (Wildman–Crippen MR) is 87.9 cm³/mol. The zero-order valence-corrected chi connectivity index (χ0v) is 12.6. The monoisotopic (exact) mass is 311 g/mol. The second-order valence-corrected chi connectivity index (χ2v) is 5.21. The molecule has 1 aliphatic rings. The van der Waals surface area contributed by atoms with Crippen molar-refractivity contribution >= 4 is 11.5 Å². The van der Waals surface area contributed by atoms with Crippen LogP contribution in [0, 0.1) is 10.1 Å². The van der Waals surface area contributed by atoms with E-state index in [4.69, 9.17) is 4.74 Å². The van der Waals surface area contributed by atoms with Gasteiger partial charge in [0.2, 0.25) is 0 Å². The zero-order valence-electron chi connectivity index (χ0n) is 12.6. The van der Waals surface area contributed by atoms with Crippen LogP contribution in [0.5, 0.6) is 5.75 Å². The van der Waals surface area contributed by atoms with Crippen molar-refractivity contribution in [2.24, 2.45) is 4.99 Å². The molecule has 0 atom stereocenters. The van der Waals surface area contributed by atoms with Crippen LogP contribution in [0.4, 0.5) is 5.69 Å². The molecular weight excluding hydrogens is 294 g/mol. The molecule has 6 heteroatoms. The summed E-state index contributed by atoms with van der Waals surface area (Å²) < 4.78 is 5.75. The largest absolute Gasteiger partial charge is 0.489 e. The lowest BCUT2D eigenvalue weighted by atomic mass is 10.1. The van der Waals surface area contributed by atoms with Gasteiger partial charge < -0.3 is 10.1 Å². The molecule has 0 amide bonds. The second kappa shape index (κ2) is 6.91. The van der Waals surface area contributed by atoms with Crippen molar-refractivity contribution in [1.29, 1.82) is 0 Å². The number of aliphatic imine (C=N–C) groups is 1. The normalized spacial score (nSPS) is 13.8. The number of ether oxygens (including phenoxy) is 1. The molecule has 0 spiro atoms. The average molecular weight is 311 g/mol. The molecular formula is C17H17N3O3. The quantitative estimate of drug-likeness (QED) is 0.680. The molecule has 1 aliphatic heterocycles. The van der Waals surface area contributed by atoms with E-state index in [1.807, 2.05) is 24.3 Å². The van der Waals surface area contributed by atoms with Gasteiger partial charge in [0.1, 0.15) is 18.2 Å². The van der Waals surface area contributed by atoms with Crippen LogP contribution in [0.2, 0.25) is 0 Å². The molecule has 0 radical (unpaired) electrons. The van der Waals surface area contributed by atoms with Gasteiger partial charge in [0.05, 0.1) is 4.92 Å². The van der Waals surface area contributed by atoms with E-state index in [-0.39, 0.29) is 5.69 Å². The van der Waals surface area contributed by atoms with Crippen molar-refractivity contribution in [3.63, 3.8) is 0 Å². The van der Waals surface area contributed by atoms with Crippen molar-refractivity contribution in [3.05, 3.63) is 69.8 Å². The second-order valence-electron chi connectivity index (χ2n) is 5.21.